The molecule has 1 heterocycles. The van der Waals surface area contributed by atoms with Gasteiger partial charge in [-0.2, -0.15) is 0 Å². The number of hydrogen-bond donors (Lipinski definition) is 1. The molecule has 1 aliphatic rings. The summed E-state index contributed by atoms with van der Waals surface area (Å²) in [6.07, 6.45) is 4.45. The molecule has 1 atom stereocenters. The van der Waals surface area contributed by atoms with E-state index in [1.165, 1.54) is 6.42 Å². The normalized spacial score (nSPS) is 19.9. The number of piperidine rings is 1. The molecule has 3 nitrogen and oxygen atoms in total. The number of carbonyl (C=O) groups is 1. The van der Waals surface area contributed by atoms with E-state index >= 15 is 0 Å². The molecule has 1 aliphatic heterocycles. The van der Waals surface area contributed by atoms with Gasteiger partial charge in [0.25, 0.3) is 5.91 Å². The van der Waals surface area contributed by atoms with Gasteiger partial charge in [-0.25, -0.2) is 0 Å². The van der Waals surface area contributed by atoms with Crippen LogP contribution in [0.2, 0.25) is 0 Å². The summed E-state index contributed by atoms with van der Waals surface area (Å²) in [5.74, 6) is 0.0979. The van der Waals surface area contributed by atoms with Crippen LogP contribution in [0.15, 0.2) is 22.7 Å². The van der Waals surface area contributed by atoms with E-state index in [1.54, 1.807) is 6.07 Å². The van der Waals surface area contributed by atoms with Crippen molar-refractivity contribution < 1.29 is 4.79 Å². The molecular formula is C14H19BrN2O. The number of carbonyl (C=O) groups excluding carboxylic acids is 1. The third-order valence-electron chi connectivity index (χ3n) is 3.62. The van der Waals surface area contributed by atoms with E-state index in [9.17, 15) is 4.79 Å². The number of likely N-dealkylation sites (tertiary alicyclic amines) is 1. The Hall–Kier alpha value is -1.03. The minimum atomic E-state index is 0.0979. The number of nitrogen functional groups attached to an aromatic ring is 1. The van der Waals surface area contributed by atoms with Crippen molar-refractivity contribution in [3.63, 3.8) is 0 Å². The molecule has 1 unspecified atom stereocenters. The average Bonchev–Trinajstić information content (AvgIpc) is 2.41. The molecule has 1 saturated heterocycles. The molecule has 0 saturated carbocycles. The van der Waals surface area contributed by atoms with Gasteiger partial charge >= 0.3 is 0 Å². The van der Waals surface area contributed by atoms with Crippen LogP contribution in [0, 0.1) is 0 Å². The number of hydrogen-bond acceptors (Lipinski definition) is 2. The van der Waals surface area contributed by atoms with Gasteiger partial charge in [-0.15, -0.1) is 0 Å². The monoisotopic (exact) mass is 310 g/mol. The van der Waals surface area contributed by atoms with Crippen LogP contribution in [0.3, 0.4) is 0 Å². The molecule has 2 rings (SSSR count). The Morgan fingerprint density at radius 1 is 1.50 bits per heavy atom. The Kier molecular flexibility index (Phi) is 4.27. The lowest BCUT2D eigenvalue weighted by Gasteiger charge is -2.35. The lowest BCUT2D eigenvalue weighted by molar-refractivity contribution is 0.0607. The molecule has 0 bridgehead atoms. The Labute approximate surface area is 116 Å². The molecule has 2 N–H and O–H groups in total. The summed E-state index contributed by atoms with van der Waals surface area (Å²) >= 11 is 3.42. The van der Waals surface area contributed by atoms with Crippen LogP contribution in [0.4, 0.5) is 5.69 Å². The predicted octanol–water partition coefficient (Wildman–Crippen LogP) is 3.44. The van der Waals surface area contributed by atoms with Gasteiger partial charge in [0.2, 0.25) is 0 Å². The summed E-state index contributed by atoms with van der Waals surface area (Å²) < 4.78 is 0.718. The Bertz CT molecular complexity index is 447. The van der Waals surface area contributed by atoms with Crippen molar-refractivity contribution in [3.05, 3.63) is 28.2 Å². The molecule has 0 aromatic heterocycles. The standard InChI is InChI=1S/C14H19BrN2O/c1-2-10-6-3-4-9-17(10)14(18)11-7-5-8-12(16)13(11)15/h5,7-8,10H,2-4,6,9,16H2,1H3. The molecule has 4 heteroatoms. The van der Waals surface area contributed by atoms with Gasteiger partial charge in [0.1, 0.15) is 0 Å². The smallest absolute Gasteiger partial charge is 0.255 e. The molecule has 0 radical (unpaired) electrons. The predicted molar refractivity (Wildman–Crippen MR) is 77.5 cm³/mol. The van der Waals surface area contributed by atoms with Crippen LogP contribution in [0.5, 0.6) is 0 Å². The number of anilines is 1. The summed E-state index contributed by atoms with van der Waals surface area (Å²) in [5, 5.41) is 0. The van der Waals surface area contributed by atoms with Crippen LogP contribution in [0.1, 0.15) is 43.0 Å². The Morgan fingerprint density at radius 2 is 2.28 bits per heavy atom. The lowest BCUT2D eigenvalue weighted by atomic mass is 9.99. The molecule has 1 amide bonds. The van der Waals surface area contributed by atoms with Crippen LogP contribution in [-0.4, -0.2) is 23.4 Å². The van der Waals surface area contributed by atoms with Gasteiger partial charge < -0.3 is 10.6 Å². The molecule has 1 aromatic rings. The van der Waals surface area contributed by atoms with Crippen LogP contribution < -0.4 is 5.73 Å². The fraction of sp³-hybridized carbons (Fsp3) is 0.500. The van der Waals surface area contributed by atoms with Crippen LogP contribution in [-0.2, 0) is 0 Å². The maximum Gasteiger partial charge on any atom is 0.255 e. The van der Waals surface area contributed by atoms with E-state index in [0.29, 0.717) is 17.3 Å². The Morgan fingerprint density at radius 3 is 3.00 bits per heavy atom. The van der Waals surface area contributed by atoms with E-state index in [2.05, 4.69) is 22.9 Å². The van der Waals surface area contributed by atoms with Gasteiger partial charge in [-0.05, 0) is 53.7 Å². The van der Waals surface area contributed by atoms with E-state index < -0.39 is 0 Å². The number of nitrogens with zero attached hydrogens (tertiary/aromatic N) is 1. The van der Waals surface area contributed by atoms with Crippen molar-refractivity contribution in [3.8, 4) is 0 Å². The van der Waals surface area contributed by atoms with Crippen molar-refractivity contribution in [1.82, 2.24) is 4.90 Å². The number of rotatable bonds is 2. The quantitative estimate of drug-likeness (QED) is 0.851. The average molecular weight is 311 g/mol. The highest BCUT2D eigenvalue weighted by Crippen LogP contribution is 2.28. The zero-order valence-electron chi connectivity index (χ0n) is 10.7. The first-order valence-corrected chi connectivity index (χ1v) is 7.29. The molecule has 98 valence electrons. The van der Waals surface area contributed by atoms with Crippen LogP contribution in [0.25, 0.3) is 0 Å². The molecule has 0 aliphatic carbocycles. The van der Waals surface area contributed by atoms with E-state index in [-0.39, 0.29) is 5.91 Å². The van der Waals surface area contributed by atoms with Crippen molar-refractivity contribution in [2.45, 2.75) is 38.6 Å². The SMILES string of the molecule is CCC1CCCCN1C(=O)c1cccc(N)c1Br. The van der Waals surface area contributed by atoms with Crippen molar-refractivity contribution in [2.24, 2.45) is 0 Å². The largest absolute Gasteiger partial charge is 0.398 e. The second kappa shape index (κ2) is 5.74. The zero-order chi connectivity index (χ0) is 13.1. The number of benzene rings is 1. The summed E-state index contributed by atoms with van der Waals surface area (Å²) in [6, 6.07) is 5.84. The van der Waals surface area contributed by atoms with Crippen molar-refractivity contribution in [2.75, 3.05) is 12.3 Å². The highest BCUT2D eigenvalue weighted by Gasteiger charge is 2.27. The van der Waals surface area contributed by atoms with Gasteiger partial charge in [0.05, 0.1) is 10.0 Å². The van der Waals surface area contributed by atoms with Gasteiger partial charge in [-0.3, -0.25) is 4.79 Å². The van der Waals surface area contributed by atoms with Gasteiger partial charge in [0.15, 0.2) is 0 Å². The fourth-order valence-electron chi connectivity index (χ4n) is 2.56. The summed E-state index contributed by atoms with van der Waals surface area (Å²) in [5.41, 5.74) is 7.13. The molecule has 1 fully saturated rings. The first kappa shape index (κ1) is 13.4. The number of halogens is 1. The maximum absolute atomic E-state index is 12.6. The van der Waals surface area contributed by atoms with E-state index in [0.717, 1.165) is 30.3 Å². The molecular weight excluding hydrogens is 292 g/mol. The minimum absolute atomic E-state index is 0.0979. The lowest BCUT2D eigenvalue weighted by Crippen LogP contribution is -2.43. The third kappa shape index (κ3) is 2.53. The maximum atomic E-state index is 12.6. The molecule has 0 spiro atoms. The van der Waals surface area contributed by atoms with Gasteiger partial charge in [0, 0.05) is 18.3 Å². The van der Waals surface area contributed by atoms with Gasteiger partial charge in [-0.1, -0.05) is 13.0 Å². The first-order chi connectivity index (χ1) is 8.65. The van der Waals surface area contributed by atoms with E-state index in [4.69, 9.17) is 5.73 Å². The summed E-state index contributed by atoms with van der Waals surface area (Å²) in [6.45, 7) is 3.00. The topological polar surface area (TPSA) is 46.3 Å². The second-order valence-electron chi connectivity index (χ2n) is 4.77. The molecule has 1 aromatic carbocycles. The third-order valence-corrected chi connectivity index (χ3v) is 4.50. The number of nitrogens with two attached hydrogens (primary N) is 1. The Balaban J connectivity index is 2.27. The number of amides is 1. The highest BCUT2D eigenvalue weighted by atomic mass is 79.9. The summed E-state index contributed by atoms with van der Waals surface area (Å²) in [4.78, 5) is 14.6. The van der Waals surface area contributed by atoms with Crippen molar-refractivity contribution >= 4 is 27.5 Å². The molecule has 18 heavy (non-hydrogen) atoms. The fourth-order valence-corrected chi connectivity index (χ4v) is 3.00. The van der Waals surface area contributed by atoms with E-state index in [1.807, 2.05) is 17.0 Å². The zero-order valence-corrected chi connectivity index (χ0v) is 12.2. The first-order valence-electron chi connectivity index (χ1n) is 6.50. The van der Waals surface area contributed by atoms with Crippen LogP contribution >= 0.6 is 15.9 Å². The second-order valence-corrected chi connectivity index (χ2v) is 5.56. The highest BCUT2D eigenvalue weighted by molar-refractivity contribution is 9.10. The summed E-state index contributed by atoms with van der Waals surface area (Å²) in [7, 11) is 0. The minimum Gasteiger partial charge on any atom is -0.398 e. The van der Waals surface area contributed by atoms with Crippen molar-refractivity contribution in [1.29, 1.82) is 0 Å².